The van der Waals surface area contributed by atoms with Crippen molar-refractivity contribution in [3.8, 4) is 0 Å². The molecule has 1 aliphatic heterocycles. The van der Waals surface area contributed by atoms with Gasteiger partial charge in [-0.05, 0) is 43.4 Å². The van der Waals surface area contributed by atoms with E-state index in [0.29, 0.717) is 24.9 Å². The van der Waals surface area contributed by atoms with E-state index in [-0.39, 0.29) is 24.2 Å². The summed E-state index contributed by atoms with van der Waals surface area (Å²) in [5, 5.41) is 2.76. The highest BCUT2D eigenvalue weighted by atomic mass is 19.1. The Morgan fingerprint density at radius 1 is 1.08 bits per heavy atom. The van der Waals surface area contributed by atoms with Crippen LogP contribution in [0.1, 0.15) is 30.4 Å². The first-order chi connectivity index (χ1) is 12.6. The zero-order chi connectivity index (χ0) is 18.1. The SMILES string of the molecule is O=C(NCc1ccccc1F)C1(C(=O)N2CCCc3ccccc32)CC1. The van der Waals surface area contributed by atoms with Crippen LogP contribution >= 0.6 is 0 Å². The lowest BCUT2D eigenvalue weighted by Crippen LogP contribution is -2.47. The van der Waals surface area contributed by atoms with Crippen molar-refractivity contribution in [2.24, 2.45) is 5.41 Å². The van der Waals surface area contributed by atoms with Gasteiger partial charge in [0.2, 0.25) is 11.8 Å². The fourth-order valence-corrected chi connectivity index (χ4v) is 3.65. The van der Waals surface area contributed by atoms with Crippen LogP contribution in [0.5, 0.6) is 0 Å². The molecule has 2 aromatic carbocycles. The van der Waals surface area contributed by atoms with E-state index >= 15 is 0 Å². The Labute approximate surface area is 152 Å². The van der Waals surface area contributed by atoms with Crippen LogP contribution in [-0.2, 0) is 22.6 Å². The largest absolute Gasteiger partial charge is 0.351 e. The molecule has 0 unspecified atom stereocenters. The van der Waals surface area contributed by atoms with Gasteiger partial charge in [-0.1, -0.05) is 36.4 Å². The van der Waals surface area contributed by atoms with Gasteiger partial charge < -0.3 is 10.2 Å². The molecule has 2 aromatic rings. The van der Waals surface area contributed by atoms with Crippen LogP contribution in [0.2, 0.25) is 0 Å². The quantitative estimate of drug-likeness (QED) is 0.859. The van der Waals surface area contributed by atoms with Gasteiger partial charge >= 0.3 is 0 Å². The number of hydrogen-bond donors (Lipinski definition) is 1. The lowest BCUT2D eigenvalue weighted by Gasteiger charge is -2.32. The normalized spacial score (nSPS) is 17.3. The van der Waals surface area contributed by atoms with Crippen LogP contribution in [0.3, 0.4) is 0 Å². The lowest BCUT2D eigenvalue weighted by molar-refractivity contribution is -0.135. The molecular formula is C21H21FN2O2. The number of carbonyl (C=O) groups excluding carboxylic acids is 2. The maximum Gasteiger partial charge on any atom is 0.242 e. The van der Waals surface area contributed by atoms with Crippen molar-refractivity contribution in [2.45, 2.75) is 32.2 Å². The zero-order valence-electron chi connectivity index (χ0n) is 14.5. The minimum atomic E-state index is -0.990. The predicted octanol–water partition coefficient (Wildman–Crippen LogP) is 3.20. The summed E-state index contributed by atoms with van der Waals surface area (Å²) in [7, 11) is 0. The molecule has 5 heteroatoms. The Balaban J connectivity index is 1.50. The molecule has 134 valence electrons. The maximum absolute atomic E-state index is 13.7. The average molecular weight is 352 g/mol. The van der Waals surface area contributed by atoms with Crippen LogP contribution in [0.25, 0.3) is 0 Å². The fourth-order valence-electron chi connectivity index (χ4n) is 3.65. The molecule has 0 bridgehead atoms. The van der Waals surface area contributed by atoms with Gasteiger partial charge in [-0.2, -0.15) is 0 Å². The van der Waals surface area contributed by atoms with Crippen LogP contribution < -0.4 is 10.2 Å². The molecular weight excluding hydrogens is 331 g/mol. The summed E-state index contributed by atoms with van der Waals surface area (Å²) in [6.45, 7) is 0.731. The minimum absolute atomic E-state index is 0.0944. The van der Waals surface area contributed by atoms with Gasteiger partial charge in [0.25, 0.3) is 0 Å². The van der Waals surface area contributed by atoms with E-state index in [2.05, 4.69) is 5.32 Å². The summed E-state index contributed by atoms with van der Waals surface area (Å²) >= 11 is 0. The molecule has 0 aromatic heterocycles. The Bertz CT molecular complexity index is 861. The number of amides is 2. The number of nitrogens with zero attached hydrogens (tertiary/aromatic N) is 1. The number of anilines is 1. The van der Waals surface area contributed by atoms with Crippen molar-refractivity contribution in [3.63, 3.8) is 0 Å². The predicted molar refractivity (Wildman–Crippen MR) is 97.0 cm³/mol. The van der Waals surface area contributed by atoms with Crippen LogP contribution in [0, 0.1) is 11.2 Å². The van der Waals surface area contributed by atoms with Crippen LogP contribution in [-0.4, -0.2) is 18.4 Å². The van der Waals surface area contributed by atoms with Crippen molar-refractivity contribution in [2.75, 3.05) is 11.4 Å². The second-order valence-electron chi connectivity index (χ2n) is 7.05. The Kier molecular flexibility index (Phi) is 4.23. The molecule has 2 aliphatic rings. The smallest absolute Gasteiger partial charge is 0.242 e. The molecule has 0 spiro atoms. The fraction of sp³-hybridized carbons (Fsp3) is 0.333. The standard InChI is InChI=1S/C21H21FN2O2/c22-17-9-3-1-7-16(17)14-23-19(25)21(11-12-21)20(26)24-13-5-8-15-6-2-4-10-18(15)24/h1-4,6-7,9-10H,5,8,11-14H2,(H,23,25). The van der Waals surface area contributed by atoms with Crippen molar-refractivity contribution >= 4 is 17.5 Å². The molecule has 0 atom stereocenters. The van der Waals surface area contributed by atoms with Gasteiger partial charge in [0, 0.05) is 24.3 Å². The molecule has 0 saturated heterocycles. The Morgan fingerprint density at radius 3 is 2.58 bits per heavy atom. The number of halogens is 1. The van der Waals surface area contributed by atoms with Crippen LogP contribution in [0.15, 0.2) is 48.5 Å². The number of nitrogens with one attached hydrogen (secondary N) is 1. The first-order valence-electron chi connectivity index (χ1n) is 9.03. The van der Waals surface area contributed by atoms with Crippen molar-refractivity contribution in [1.29, 1.82) is 0 Å². The van der Waals surface area contributed by atoms with Gasteiger partial charge in [0.15, 0.2) is 0 Å². The van der Waals surface area contributed by atoms with Gasteiger partial charge in [-0.3, -0.25) is 9.59 Å². The van der Waals surface area contributed by atoms with Crippen LogP contribution in [0.4, 0.5) is 10.1 Å². The van der Waals surface area contributed by atoms with Gasteiger partial charge in [-0.15, -0.1) is 0 Å². The van der Waals surface area contributed by atoms with E-state index in [9.17, 15) is 14.0 Å². The van der Waals surface area contributed by atoms with Gasteiger partial charge in [0.1, 0.15) is 11.2 Å². The number of benzene rings is 2. The Hall–Kier alpha value is -2.69. The highest BCUT2D eigenvalue weighted by Gasteiger charge is 2.58. The second kappa shape index (κ2) is 6.56. The number of carbonyl (C=O) groups is 2. The maximum atomic E-state index is 13.7. The van der Waals surface area contributed by atoms with E-state index in [1.807, 2.05) is 24.3 Å². The molecule has 26 heavy (non-hydrogen) atoms. The van der Waals surface area contributed by atoms with Gasteiger partial charge in [0.05, 0.1) is 0 Å². The van der Waals surface area contributed by atoms with E-state index < -0.39 is 5.41 Å². The third-order valence-corrected chi connectivity index (χ3v) is 5.35. The number of fused-ring (bicyclic) bond motifs is 1. The van der Waals surface area contributed by atoms with Gasteiger partial charge in [-0.25, -0.2) is 4.39 Å². The summed E-state index contributed by atoms with van der Waals surface area (Å²) in [5.41, 5.74) is 1.49. The summed E-state index contributed by atoms with van der Waals surface area (Å²) in [6, 6.07) is 14.2. The Morgan fingerprint density at radius 2 is 1.81 bits per heavy atom. The molecule has 4 nitrogen and oxygen atoms in total. The van der Waals surface area contributed by atoms with Crippen molar-refractivity contribution in [1.82, 2.24) is 5.32 Å². The summed E-state index contributed by atoms with van der Waals surface area (Å²) in [5.74, 6) is -0.779. The average Bonchev–Trinajstić information content (AvgIpc) is 3.48. The number of hydrogen-bond acceptors (Lipinski definition) is 2. The van der Waals surface area contributed by atoms with Crippen molar-refractivity contribution in [3.05, 3.63) is 65.5 Å². The topological polar surface area (TPSA) is 49.4 Å². The van der Waals surface area contributed by atoms with E-state index in [0.717, 1.165) is 24.1 Å². The summed E-state index contributed by atoms with van der Waals surface area (Å²) in [6.07, 6.45) is 2.95. The molecule has 1 heterocycles. The molecule has 2 amide bonds. The molecule has 4 rings (SSSR count). The van der Waals surface area contributed by atoms with E-state index in [4.69, 9.17) is 0 Å². The number of aryl methyl sites for hydroxylation is 1. The lowest BCUT2D eigenvalue weighted by atomic mass is 9.97. The van der Waals surface area contributed by atoms with Crippen molar-refractivity contribution < 1.29 is 14.0 Å². The molecule has 1 saturated carbocycles. The number of rotatable bonds is 4. The molecule has 1 aliphatic carbocycles. The van der Waals surface area contributed by atoms with E-state index in [1.165, 1.54) is 6.07 Å². The third kappa shape index (κ3) is 2.87. The molecule has 1 N–H and O–H groups in total. The first kappa shape index (κ1) is 16.8. The summed E-state index contributed by atoms with van der Waals surface area (Å²) < 4.78 is 13.7. The van der Waals surface area contributed by atoms with E-state index in [1.54, 1.807) is 23.1 Å². The molecule has 1 fully saturated rings. The first-order valence-corrected chi connectivity index (χ1v) is 9.03. The monoisotopic (exact) mass is 352 g/mol. The number of para-hydroxylation sites is 1. The highest BCUT2D eigenvalue weighted by molar-refractivity contribution is 6.14. The molecule has 0 radical (unpaired) electrons. The highest BCUT2D eigenvalue weighted by Crippen LogP contribution is 2.49. The zero-order valence-corrected chi connectivity index (χ0v) is 14.5. The third-order valence-electron chi connectivity index (χ3n) is 5.35. The minimum Gasteiger partial charge on any atom is -0.351 e. The summed E-state index contributed by atoms with van der Waals surface area (Å²) in [4.78, 5) is 27.6. The second-order valence-corrected chi connectivity index (χ2v) is 7.05.